The number of hydrogen-bond acceptors (Lipinski definition) is 3. The van der Waals surface area contributed by atoms with Gasteiger partial charge < -0.3 is 5.11 Å². The smallest absolute Gasteiger partial charge is 0.181 e. The standard InChI is InChI=1S/C12H12FNO2/c13-4-3-11-12(16)6-9-5-8(7-15)1-2-10(9)14-11/h1-2,5,15H,3-4,6-7H2. The van der Waals surface area contributed by atoms with Crippen molar-refractivity contribution in [2.75, 3.05) is 6.67 Å². The molecule has 16 heavy (non-hydrogen) atoms. The van der Waals surface area contributed by atoms with E-state index in [0.717, 1.165) is 11.1 Å². The third-order valence-electron chi connectivity index (χ3n) is 2.59. The lowest BCUT2D eigenvalue weighted by Gasteiger charge is -2.14. The molecule has 0 radical (unpaired) electrons. The van der Waals surface area contributed by atoms with Crippen LogP contribution < -0.4 is 0 Å². The van der Waals surface area contributed by atoms with Crippen molar-refractivity contribution in [2.24, 2.45) is 4.99 Å². The van der Waals surface area contributed by atoms with Gasteiger partial charge in [0.25, 0.3) is 0 Å². The quantitative estimate of drug-likeness (QED) is 0.845. The lowest BCUT2D eigenvalue weighted by atomic mass is 9.97. The van der Waals surface area contributed by atoms with Crippen molar-refractivity contribution >= 4 is 17.2 Å². The number of nitrogens with zero attached hydrogens (tertiary/aromatic N) is 1. The summed E-state index contributed by atoms with van der Waals surface area (Å²) in [4.78, 5) is 15.7. The largest absolute Gasteiger partial charge is 0.392 e. The van der Waals surface area contributed by atoms with Gasteiger partial charge in [-0.2, -0.15) is 0 Å². The molecule has 2 rings (SSSR count). The number of alkyl halides is 1. The predicted octanol–water partition coefficient (Wildman–Crippen LogP) is 1.74. The number of fused-ring (bicyclic) bond motifs is 1. The number of carbonyl (C=O) groups excluding carboxylic acids is 1. The Morgan fingerprint density at radius 2 is 2.25 bits per heavy atom. The molecule has 0 fully saturated rings. The van der Waals surface area contributed by atoms with Gasteiger partial charge in [0, 0.05) is 12.8 Å². The lowest BCUT2D eigenvalue weighted by Crippen LogP contribution is -2.20. The molecular weight excluding hydrogens is 209 g/mol. The number of hydrogen-bond donors (Lipinski definition) is 1. The van der Waals surface area contributed by atoms with Gasteiger partial charge in [-0.3, -0.25) is 9.18 Å². The molecule has 1 aliphatic rings. The highest BCUT2D eigenvalue weighted by Gasteiger charge is 2.19. The Balaban J connectivity index is 2.37. The number of carbonyl (C=O) groups is 1. The van der Waals surface area contributed by atoms with Gasteiger partial charge in [0.1, 0.15) is 0 Å². The minimum absolute atomic E-state index is 0.0531. The SMILES string of the molecule is O=C1Cc2cc(CO)ccc2N=C1CCF. The first-order valence-corrected chi connectivity index (χ1v) is 5.14. The first kappa shape index (κ1) is 11.0. The van der Waals surface area contributed by atoms with Crippen LogP contribution in [0.1, 0.15) is 17.5 Å². The zero-order chi connectivity index (χ0) is 11.5. The molecule has 0 bridgehead atoms. The Hall–Kier alpha value is -1.55. The average Bonchev–Trinajstić information content (AvgIpc) is 2.30. The number of aliphatic imine (C=N–C) groups is 1. The number of aliphatic hydroxyl groups is 1. The Morgan fingerprint density at radius 3 is 2.94 bits per heavy atom. The number of rotatable bonds is 3. The minimum Gasteiger partial charge on any atom is -0.392 e. The first-order valence-electron chi connectivity index (χ1n) is 5.14. The molecule has 1 aliphatic heterocycles. The second-order valence-electron chi connectivity index (χ2n) is 3.72. The number of aliphatic hydroxyl groups excluding tert-OH is 1. The van der Waals surface area contributed by atoms with Gasteiger partial charge in [-0.1, -0.05) is 12.1 Å². The second kappa shape index (κ2) is 4.53. The summed E-state index contributed by atoms with van der Waals surface area (Å²) in [6, 6.07) is 5.28. The van der Waals surface area contributed by atoms with Gasteiger partial charge in [-0.25, -0.2) is 4.99 Å². The molecule has 0 saturated carbocycles. The Labute approximate surface area is 92.6 Å². The molecule has 1 aromatic carbocycles. The van der Waals surface area contributed by atoms with Crippen LogP contribution in [0, 0.1) is 0 Å². The van der Waals surface area contributed by atoms with Gasteiger partial charge in [0.2, 0.25) is 0 Å². The molecule has 84 valence electrons. The van der Waals surface area contributed by atoms with E-state index in [1.807, 2.05) is 0 Å². The van der Waals surface area contributed by atoms with Crippen LogP contribution in [0.5, 0.6) is 0 Å². The van der Waals surface area contributed by atoms with Crippen LogP contribution in [0.2, 0.25) is 0 Å². The summed E-state index contributed by atoms with van der Waals surface area (Å²) in [7, 11) is 0. The Morgan fingerprint density at radius 1 is 1.44 bits per heavy atom. The molecule has 0 aliphatic carbocycles. The van der Waals surface area contributed by atoms with Crippen LogP contribution in [0.3, 0.4) is 0 Å². The van der Waals surface area contributed by atoms with Crippen LogP contribution in [-0.2, 0) is 17.8 Å². The number of benzene rings is 1. The van der Waals surface area contributed by atoms with Gasteiger partial charge in [-0.05, 0) is 17.2 Å². The summed E-state index contributed by atoms with van der Waals surface area (Å²) in [5.74, 6) is -0.125. The van der Waals surface area contributed by atoms with Crippen LogP contribution in [0.4, 0.5) is 10.1 Å². The molecule has 1 N–H and O–H groups in total. The van der Waals surface area contributed by atoms with Crippen molar-refractivity contribution in [3.05, 3.63) is 29.3 Å². The predicted molar refractivity (Wildman–Crippen MR) is 58.8 cm³/mol. The van der Waals surface area contributed by atoms with Crippen molar-refractivity contribution in [3.63, 3.8) is 0 Å². The highest BCUT2D eigenvalue weighted by Crippen LogP contribution is 2.26. The van der Waals surface area contributed by atoms with Crippen molar-refractivity contribution in [3.8, 4) is 0 Å². The van der Waals surface area contributed by atoms with Crippen LogP contribution in [0.25, 0.3) is 0 Å². The molecule has 1 heterocycles. The molecule has 3 nitrogen and oxygen atoms in total. The maximum atomic E-state index is 12.2. The third-order valence-corrected chi connectivity index (χ3v) is 2.59. The zero-order valence-corrected chi connectivity index (χ0v) is 8.74. The molecule has 4 heteroatoms. The summed E-state index contributed by atoms with van der Waals surface area (Å²) < 4.78 is 12.2. The molecule has 1 aromatic rings. The minimum atomic E-state index is -0.561. The number of Topliss-reactive ketones (excluding diaryl/α,β-unsaturated/α-hetero) is 1. The molecule has 0 unspecified atom stereocenters. The lowest BCUT2D eigenvalue weighted by molar-refractivity contribution is -0.112. The van der Waals surface area contributed by atoms with Crippen molar-refractivity contribution in [1.82, 2.24) is 0 Å². The summed E-state index contributed by atoms with van der Waals surface area (Å²) >= 11 is 0. The monoisotopic (exact) mass is 221 g/mol. The van der Waals surface area contributed by atoms with E-state index < -0.39 is 6.67 Å². The summed E-state index contributed by atoms with van der Waals surface area (Å²) in [6.45, 7) is -0.614. The fourth-order valence-corrected chi connectivity index (χ4v) is 1.76. The second-order valence-corrected chi connectivity index (χ2v) is 3.72. The van der Waals surface area contributed by atoms with Crippen molar-refractivity contribution in [2.45, 2.75) is 19.4 Å². The van der Waals surface area contributed by atoms with E-state index in [-0.39, 0.29) is 25.2 Å². The maximum Gasteiger partial charge on any atom is 0.181 e. The zero-order valence-electron chi connectivity index (χ0n) is 8.74. The molecule has 0 aromatic heterocycles. The molecule has 0 amide bonds. The summed E-state index contributed by atoms with van der Waals surface area (Å²) in [5.41, 5.74) is 2.59. The average molecular weight is 221 g/mol. The van der Waals surface area contributed by atoms with E-state index in [9.17, 15) is 9.18 Å². The van der Waals surface area contributed by atoms with Gasteiger partial charge in [-0.15, -0.1) is 0 Å². The third kappa shape index (κ3) is 2.02. The van der Waals surface area contributed by atoms with Crippen LogP contribution in [0.15, 0.2) is 23.2 Å². The van der Waals surface area contributed by atoms with Gasteiger partial charge in [0.05, 0.1) is 24.7 Å². The molecule has 0 saturated heterocycles. The van der Waals surface area contributed by atoms with Crippen LogP contribution >= 0.6 is 0 Å². The maximum absolute atomic E-state index is 12.2. The van der Waals surface area contributed by atoms with Gasteiger partial charge >= 0.3 is 0 Å². The normalized spacial score (nSPS) is 14.6. The fourth-order valence-electron chi connectivity index (χ4n) is 1.76. The molecular formula is C12H12FNO2. The van der Waals surface area contributed by atoms with E-state index >= 15 is 0 Å². The summed E-state index contributed by atoms with van der Waals surface area (Å²) in [6.07, 6.45) is 0.335. The number of halogens is 1. The number of ketones is 1. The molecule has 0 spiro atoms. The topological polar surface area (TPSA) is 49.7 Å². The molecule has 0 atom stereocenters. The Kier molecular flexibility index (Phi) is 3.10. The van der Waals surface area contributed by atoms with E-state index in [4.69, 9.17) is 5.11 Å². The van der Waals surface area contributed by atoms with E-state index in [1.165, 1.54) is 0 Å². The fraction of sp³-hybridized carbons (Fsp3) is 0.333. The van der Waals surface area contributed by atoms with Crippen molar-refractivity contribution < 1.29 is 14.3 Å². The van der Waals surface area contributed by atoms with E-state index in [2.05, 4.69) is 4.99 Å². The highest BCUT2D eigenvalue weighted by atomic mass is 19.1. The van der Waals surface area contributed by atoms with Gasteiger partial charge in [0.15, 0.2) is 5.78 Å². The van der Waals surface area contributed by atoms with Crippen LogP contribution in [-0.4, -0.2) is 23.3 Å². The Bertz CT molecular complexity index is 454. The van der Waals surface area contributed by atoms with Crippen molar-refractivity contribution in [1.29, 1.82) is 0 Å². The van der Waals surface area contributed by atoms with E-state index in [1.54, 1.807) is 18.2 Å². The first-order chi connectivity index (χ1) is 7.74. The summed E-state index contributed by atoms with van der Waals surface area (Å²) in [5, 5.41) is 8.97. The van der Waals surface area contributed by atoms with E-state index in [0.29, 0.717) is 11.4 Å². The highest BCUT2D eigenvalue weighted by molar-refractivity contribution is 6.41.